The molecular weight excluding hydrogens is 440 g/mol. The Labute approximate surface area is 195 Å². The van der Waals surface area contributed by atoms with Crippen LogP contribution < -0.4 is 18.9 Å². The number of methoxy groups -OCH3 is 3. The summed E-state index contributed by atoms with van der Waals surface area (Å²) >= 11 is 1.61. The van der Waals surface area contributed by atoms with Gasteiger partial charge in [-0.15, -0.1) is 11.3 Å². The Morgan fingerprint density at radius 1 is 0.848 bits per heavy atom. The van der Waals surface area contributed by atoms with E-state index in [1.54, 1.807) is 43.8 Å². The molecule has 0 saturated heterocycles. The molecular formula is C26H22O6S. The number of aliphatic carboxylic acids is 1. The number of ether oxygens (including phenoxy) is 4. The average Bonchev–Trinajstić information content (AvgIpc) is 3.20. The van der Waals surface area contributed by atoms with Gasteiger partial charge in [0.05, 0.1) is 26.2 Å². The zero-order valence-electron chi connectivity index (χ0n) is 18.3. The topological polar surface area (TPSA) is 74.2 Å². The minimum atomic E-state index is -1.03. The van der Waals surface area contributed by atoms with Gasteiger partial charge in [-0.25, -0.2) is 4.79 Å². The minimum absolute atomic E-state index is 0.511. The highest BCUT2D eigenvalue weighted by atomic mass is 32.1. The minimum Gasteiger partial charge on any atom is -0.497 e. The van der Waals surface area contributed by atoms with E-state index in [1.165, 1.54) is 13.2 Å². The Kier molecular flexibility index (Phi) is 6.51. The maximum atomic E-state index is 10.9. The number of hydrogen-bond donors (Lipinski definition) is 1. The van der Waals surface area contributed by atoms with E-state index < -0.39 is 5.97 Å². The number of benzene rings is 3. The molecule has 3 aromatic carbocycles. The van der Waals surface area contributed by atoms with Crippen LogP contribution in [0.3, 0.4) is 0 Å². The Balaban J connectivity index is 1.79. The maximum absolute atomic E-state index is 10.9. The quantitative estimate of drug-likeness (QED) is 0.302. The van der Waals surface area contributed by atoms with Crippen LogP contribution >= 0.6 is 11.3 Å². The maximum Gasteiger partial charge on any atom is 0.328 e. The second kappa shape index (κ2) is 9.67. The third-order valence-electron chi connectivity index (χ3n) is 5.03. The number of carbonyl (C=O) groups is 1. The first-order valence-electron chi connectivity index (χ1n) is 10.0. The van der Waals surface area contributed by atoms with Gasteiger partial charge in [-0.2, -0.15) is 0 Å². The molecule has 4 rings (SSSR count). The summed E-state index contributed by atoms with van der Waals surface area (Å²) in [4.78, 5) is 11.8. The molecule has 0 radical (unpaired) electrons. The van der Waals surface area contributed by atoms with Crippen molar-refractivity contribution in [3.8, 4) is 39.2 Å². The van der Waals surface area contributed by atoms with Crippen molar-refractivity contribution in [2.24, 2.45) is 0 Å². The summed E-state index contributed by atoms with van der Waals surface area (Å²) in [5.41, 5.74) is 1.64. The van der Waals surface area contributed by atoms with Crippen LogP contribution in [0.4, 0.5) is 0 Å². The van der Waals surface area contributed by atoms with Gasteiger partial charge in [0.1, 0.15) is 23.0 Å². The predicted octanol–water partition coefficient (Wildman–Crippen LogP) is 6.48. The normalized spacial score (nSPS) is 11.0. The molecule has 7 heteroatoms. The number of fused-ring (bicyclic) bond motifs is 1. The molecule has 6 nitrogen and oxygen atoms in total. The lowest BCUT2D eigenvalue weighted by atomic mass is 10.1. The van der Waals surface area contributed by atoms with Crippen LogP contribution in [-0.4, -0.2) is 32.4 Å². The predicted molar refractivity (Wildman–Crippen MR) is 130 cm³/mol. The fourth-order valence-electron chi connectivity index (χ4n) is 3.39. The van der Waals surface area contributed by atoms with Gasteiger partial charge < -0.3 is 24.1 Å². The molecule has 0 aliphatic heterocycles. The summed E-state index contributed by atoms with van der Waals surface area (Å²) < 4.78 is 23.5. The standard InChI is InChI=1S/C26H22O6S/c1-29-18-8-5-17(6-9-18)26-25(21-12-11-19(30-2)15-23(21)33-26)32-20-10-4-16(7-13-24(27)28)22(14-20)31-3/h4-15H,1-3H3,(H,27,28). The molecule has 0 aliphatic rings. The summed E-state index contributed by atoms with van der Waals surface area (Å²) in [5, 5.41) is 9.86. The lowest BCUT2D eigenvalue weighted by Crippen LogP contribution is -1.92. The molecule has 0 amide bonds. The molecule has 0 saturated carbocycles. The molecule has 168 valence electrons. The number of thiophene rings is 1. The second-order valence-electron chi connectivity index (χ2n) is 7.03. The molecule has 1 heterocycles. The number of carboxylic acid groups (broad SMARTS) is 1. The van der Waals surface area contributed by atoms with Crippen molar-refractivity contribution in [3.05, 3.63) is 72.3 Å². The van der Waals surface area contributed by atoms with Crippen molar-refractivity contribution in [1.29, 1.82) is 0 Å². The summed E-state index contributed by atoms with van der Waals surface area (Å²) in [5.74, 6) is 2.33. The van der Waals surface area contributed by atoms with Crippen LogP contribution in [0, 0.1) is 0 Å². The molecule has 0 bridgehead atoms. The molecule has 1 N–H and O–H groups in total. The highest BCUT2D eigenvalue weighted by Gasteiger charge is 2.18. The van der Waals surface area contributed by atoms with E-state index in [1.807, 2.05) is 42.5 Å². The van der Waals surface area contributed by atoms with Crippen LogP contribution in [-0.2, 0) is 4.79 Å². The fourth-order valence-corrected chi connectivity index (χ4v) is 4.55. The first kappa shape index (κ1) is 22.2. The average molecular weight is 463 g/mol. The van der Waals surface area contributed by atoms with Crippen molar-refractivity contribution in [3.63, 3.8) is 0 Å². The van der Waals surface area contributed by atoms with Gasteiger partial charge in [-0.05, 0) is 66.2 Å². The monoisotopic (exact) mass is 462 g/mol. The zero-order valence-corrected chi connectivity index (χ0v) is 19.1. The van der Waals surface area contributed by atoms with E-state index in [4.69, 9.17) is 24.1 Å². The van der Waals surface area contributed by atoms with Crippen molar-refractivity contribution in [2.75, 3.05) is 21.3 Å². The summed E-state index contributed by atoms with van der Waals surface area (Å²) in [7, 11) is 4.81. The summed E-state index contributed by atoms with van der Waals surface area (Å²) in [6.45, 7) is 0. The Morgan fingerprint density at radius 2 is 1.55 bits per heavy atom. The fraction of sp³-hybridized carbons (Fsp3) is 0.115. The first-order chi connectivity index (χ1) is 16.0. The lowest BCUT2D eigenvalue weighted by molar-refractivity contribution is -0.131. The van der Waals surface area contributed by atoms with Gasteiger partial charge in [0, 0.05) is 27.8 Å². The first-order valence-corrected chi connectivity index (χ1v) is 10.9. The second-order valence-corrected chi connectivity index (χ2v) is 8.08. The molecule has 33 heavy (non-hydrogen) atoms. The number of rotatable bonds is 8. The Bertz CT molecular complexity index is 1320. The van der Waals surface area contributed by atoms with E-state index in [0.29, 0.717) is 17.1 Å². The highest BCUT2D eigenvalue weighted by molar-refractivity contribution is 7.22. The van der Waals surface area contributed by atoms with E-state index >= 15 is 0 Å². The Morgan fingerprint density at radius 3 is 2.21 bits per heavy atom. The van der Waals surface area contributed by atoms with Crippen LogP contribution in [0.15, 0.2) is 66.7 Å². The van der Waals surface area contributed by atoms with Crippen molar-refractivity contribution < 1.29 is 28.8 Å². The largest absolute Gasteiger partial charge is 0.497 e. The van der Waals surface area contributed by atoms with Crippen molar-refractivity contribution in [2.45, 2.75) is 0 Å². The van der Waals surface area contributed by atoms with Crippen LogP contribution in [0.1, 0.15) is 5.56 Å². The summed E-state index contributed by atoms with van der Waals surface area (Å²) in [6, 6.07) is 19.0. The van der Waals surface area contributed by atoms with E-state index in [0.717, 1.165) is 43.9 Å². The van der Waals surface area contributed by atoms with Gasteiger partial charge in [0.2, 0.25) is 0 Å². The van der Waals surface area contributed by atoms with Gasteiger partial charge in [0.25, 0.3) is 0 Å². The molecule has 0 aliphatic carbocycles. The van der Waals surface area contributed by atoms with Crippen LogP contribution in [0.2, 0.25) is 0 Å². The lowest BCUT2D eigenvalue weighted by Gasteiger charge is -2.11. The molecule has 0 spiro atoms. The van der Waals surface area contributed by atoms with Gasteiger partial charge >= 0.3 is 5.97 Å². The summed E-state index contributed by atoms with van der Waals surface area (Å²) in [6.07, 6.45) is 2.56. The van der Waals surface area contributed by atoms with Crippen molar-refractivity contribution >= 4 is 33.5 Å². The molecule has 1 aromatic heterocycles. The molecule has 0 fully saturated rings. The Hall–Kier alpha value is -3.97. The number of carboxylic acids is 1. The van der Waals surface area contributed by atoms with Gasteiger partial charge in [-0.3, -0.25) is 0 Å². The van der Waals surface area contributed by atoms with Crippen molar-refractivity contribution in [1.82, 2.24) is 0 Å². The SMILES string of the molecule is COc1ccc(-c2sc3cc(OC)ccc3c2Oc2ccc(C=CC(=O)O)c(OC)c2)cc1. The molecule has 0 atom stereocenters. The smallest absolute Gasteiger partial charge is 0.328 e. The van der Waals surface area contributed by atoms with Gasteiger partial charge in [-0.1, -0.05) is 0 Å². The molecule has 0 unspecified atom stereocenters. The van der Waals surface area contributed by atoms with E-state index in [2.05, 4.69) is 0 Å². The number of hydrogen-bond acceptors (Lipinski definition) is 6. The molecule has 4 aromatic rings. The zero-order chi connectivity index (χ0) is 23.4. The van der Waals surface area contributed by atoms with Gasteiger partial charge in [0.15, 0.2) is 5.75 Å². The van der Waals surface area contributed by atoms with E-state index in [9.17, 15) is 4.79 Å². The highest BCUT2D eigenvalue weighted by Crippen LogP contribution is 2.47. The third-order valence-corrected chi connectivity index (χ3v) is 6.22. The van der Waals surface area contributed by atoms with Crippen LogP contribution in [0.25, 0.3) is 26.6 Å². The van der Waals surface area contributed by atoms with Crippen LogP contribution in [0.5, 0.6) is 28.7 Å². The third kappa shape index (κ3) is 4.78. The van der Waals surface area contributed by atoms with E-state index in [-0.39, 0.29) is 0 Å².